The molecule has 1 aliphatic rings. The molecule has 1 saturated carbocycles. The van der Waals surface area contributed by atoms with Crippen LogP contribution in [0.5, 0.6) is 0 Å². The van der Waals surface area contributed by atoms with E-state index in [2.05, 4.69) is 5.32 Å². The normalized spacial score (nSPS) is 23.2. The summed E-state index contributed by atoms with van der Waals surface area (Å²) in [4.78, 5) is 10.8. The molecule has 0 aromatic heterocycles. The molecule has 1 fully saturated rings. The van der Waals surface area contributed by atoms with Gasteiger partial charge in [0.2, 0.25) is 0 Å². The standard InChI is InChI=1S/C15H20FNO2/c16-14-3-1-2-12(8-14)10-17-9-11-4-6-13(7-5-11)15(18)19/h1-3,8,11,13,17H,4-7,9-10H2,(H,18,19). The summed E-state index contributed by atoms with van der Waals surface area (Å²) in [6, 6.07) is 6.59. The molecule has 0 bridgehead atoms. The molecule has 2 rings (SSSR count). The van der Waals surface area contributed by atoms with Gasteiger partial charge in [-0.05, 0) is 55.8 Å². The fraction of sp³-hybridized carbons (Fsp3) is 0.533. The van der Waals surface area contributed by atoms with E-state index in [1.807, 2.05) is 6.07 Å². The van der Waals surface area contributed by atoms with E-state index < -0.39 is 5.97 Å². The molecule has 0 amide bonds. The Labute approximate surface area is 112 Å². The lowest BCUT2D eigenvalue weighted by molar-refractivity contribution is -0.143. The average molecular weight is 265 g/mol. The molecule has 1 aliphatic carbocycles. The lowest BCUT2D eigenvalue weighted by atomic mass is 9.82. The third-order valence-electron chi connectivity index (χ3n) is 3.85. The zero-order valence-electron chi connectivity index (χ0n) is 10.9. The smallest absolute Gasteiger partial charge is 0.306 e. The minimum absolute atomic E-state index is 0.153. The second-order valence-electron chi connectivity index (χ2n) is 5.32. The van der Waals surface area contributed by atoms with Crippen LogP contribution in [0.3, 0.4) is 0 Å². The largest absolute Gasteiger partial charge is 0.481 e. The van der Waals surface area contributed by atoms with Crippen LogP contribution in [0, 0.1) is 17.7 Å². The van der Waals surface area contributed by atoms with Gasteiger partial charge >= 0.3 is 5.97 Å². The lowest BCUT2D eigenvalue weighted by Crippen LogP contribution is -2.28. The number of carboxylic acid groups (broad SMARTS) is 1. The van der Waals surface area contributed by atoms with Crippen LogP contribution in [-0.4, -0.2) is 17.6 Å². The molecule has 0 radical (unpaired) electrons. The molecule has 0 spiro atoms. The maximum atomic E-state index is 13.0. The first-order chi connectivity index (χ1) is 9.15. The van der Waals surface area contributed by atoms with E-state index in [1.165, 1.54) is 12.1 Å². The first-order valence-corrected chi connectivity index (χ1v) is 6.83. The summed E-state index contributed by atoms with van der Waals surface area (Å²) in [5.41, 5.74) is 0.944. The minimum atomic E-state index is -0.661. The van der Waals surface area contributed by atoms with E-state index >= 15 is 0 Å². The van der Waals surface area contributed by atoms with Crippen LogP contribution < -0.4 is 5.32 Å². The molecule has 4 heteroatoms. The van der Waals surface area contributed by atoms with E-state index in [4.69, 9.17) is 5.11 Å². The van der Waals surface area contributed by atoms with Crippen molar-refractivity contribution in [3.8, 4) is 0 Å². The van der Waals surface area contributed by atoms with Crippen molar-refractivity contribution in [1.29, 1.82) is 0 Å². The fourth-order valence-electron chi connectivity index (χ4n) is 2.68. The van der Waals surface area contributed by atoms with Gasteiger partial charge in [0.15, 0.2) is 0 Å². The highest BCUT2D eigenvalue weighted by Crippen LogP contribution is 2.28. The topological polar surface area (TPSA) is 49.3 Å². The van der Waals surface area contributed by atoms with Gasteiger partial charge in [-0.25, -0.2) is 4.39 Å². The molecule has 1 aromatic carbocycles. The molecule has 3 nitrogen and oxygen atoms in total. The monoisotopic (exact) mass is 265 g/mol. The first kappa shape index (κ1) is 14.0. The molecule has 19 heavy (non-hydrogen) atoms. The summed E-state index contributed by atoms with van der Waals surface area (Å²) >= 11 is 0. The summed E-state index contributed by atoms with van der Waals surface area (Å²) in [5, 5.41) is 12.3. The van der Waals surface area contributed by atoms with Gasteiger partial charge in [-0.1, -0.05) is 12.1 Å². The Morgan fingerprint density at radius 3 is 2.68 bits per heavy atom. The highest BCUT2D eigenvalue weighted by atomic mass is 19.1. The van der Waals surface area contributed by atoms with Crippen LogP contribution in [0.25, 0.3) is 0 Å². The predicted molar refractivity (Wildman–Crippen MR) is 71.2 cm³/mol. The maximum Gasteiger partial charge on any atom is 0.306 e. The van der Waals surface area contributed by atoms with Crippen LogP contribution in [0.4, 0.5) is 4.39 Å². The van der Waals surface area contributed by atoms with Gasteiger partial charge in [-0.2, -0.15) is 0 Å². The number of halogens is 1. The molecule has 0 aliphatic heterocycles. The van der Waals surface area contributed by atoms with Crippen LogP contribution in [-0.2, 0) is 11.3 Å². The number of aliphatic carboxylic acids is 1. The van der Waals surface area contributed by atoms with Crippen molar-refractivity contribution in [2.75, 3.05) is 6.54 Å². The molecule has 0 unspecified atom stereocenters. The highest BCUT2D eigenvalue weighted by molar-refractivity contribution is 5.69. The Kier molecular flexibility index (Phi) is 4.91. The number of carboxylic acids is 1. The van der Waals surface area contributed by atoms with Crippen molar-refractivity contribution in [3.05, 3.63) is 35.6 Å². The Balaban J connectivity index is 1.68. The van der Waals surface area contributed by atoms with Gasteiger partial charge in [0.25, 0.3) is 0 Å². The summed E-state index contributed by atoms with van der Waals surface area (Å²) in [6.07, 6.45) is 3.49. The van der Waals surface area contributed by atoms with Crippen molar-refractivity contribution in [1.82, 2.24) is 5.32 Å². The second-order valence-corrected chi connectivity index (χ2v) is 5.32. The minimum Gasteiger partial charge on any atom is -0.481 e. The van der Waals surface area contributed by atoms with Gasteiger partial charge in [0.1, 0.15) is 5.82 Å². The Morgan fingerprint density at radius 1 is 1.32 bits per heavy atom. The molecule has 1 aromatic rings. The van der Waals surface area contributed by atoms with Gasteiger partial charge in [-0.15, -0.1) is 0 Å². The summed E-state index contributed by atoms with van der Waals surface area (Å²) < 4.78 is 13.0. The van der Waals surface area contributed by atoms with E-state index in [0.29, 0.717) is 12.5 Å². The number of hydrogen-bond acceptors (Lipinski definition) is 2. The molecular weight excluding hydrogens is 245 g/mol. The SMILES string of the molecule is O=C(O)C1CCC(CNCc2cccc(F)c2)CC1. The van der Waals surface area contributed by atoms with Gasteiger partial charge in [0, 0.05) is 6.54 Å². The molecule has 2 N–H and O–H groups in total. The second kappa shape index (κ2) is 6.66. The van der Waals surface area contributed by atoms with E-state index in [9.17, 15) is 9.18 Å². The quantitative estimate of drug-likeness (QED) is 0.860. The van der Waals surface area contributed by atoms with E-state index in [0.717, 1.165) is 37.8 Å². The van der Waals surface area contributed by atoms with Crippen molar-refractivity contribution >= 4 is 5.97 Å². The third-order valence-corrected chi connectivity index (χ3v) is 3.85. The third kappa shape index (κ3) is 4.31. The van der Waals surface area contributed by atoms with Crippen LogP contribution in [0.2, 0.25) is 0 Å². The number of nitrogens with one attached hydrogen (secondary N) is 1. The Hall–Kier alpha value is -1.42. The van der Waals surface area contributed by atoms with Crippen molar-refractivity contribution in [3.63, 3.8) is 0 Å². The van der Waals surface area contributed by atoms with Gasteiger partial charge in [-0.3, -0.25) is 4.79 Å². The van der Waals surface area contributed by atoms with Crippen LogP contribution in [0.1, 0.15) is 31.2 Å². The molecule has 0 atom stereocenters. The van der Waals surface area contributed by atoms with Crippen molar-refractivity contribution in [2.24, 2.45) is 11.8 Å². The molecular formula is C15H20FNO2. The molecule has 104 valence electrons. The summed E-state index contributed by atoms with van der Waals surface area (Å²) in [6.45, 7) is 1.54. The summed E-state index contributed by atoms with van der Waals surface area (Å²) in [5.74, 6) is -0.476. The fourth-order valence-corrected chi connectivity index (χ4v) is 2.68. The Morgan fingerprint density at radius 2 is 2.05 bits per heavy atom. The summed E-state index contributed by atoms with van der Waals surface area (Å²) in [7, 11) is 0. The number of rotatable bonds is 5. The van der Waals surface area contributed by atoms with Crippen molar-refractivity contribution in [2.45, 2.75) is 32.2 Å². The Bertz CT molecular complexity index is 428. The van der Waals surface area contributed by atoms with Crippen molar-refractivity contribution < 1.29 is 14.3 Å². The zero-order valence-corrected chi connectivity index (χ0v) is 10.9. The highest BCUT2D eigenvalue weighted by Gasteiger charge is 2.25. The first-order valence-electron chi connectivity index (χ1n) is 6.83. The number of hydrogen-bond donors (Lipinski definition) is 2. The van der Waals surface area contributed by atoms with E-state index in [1.54, 1.807) is 6.07 Å². The maximum absolute atomic E-state index is 13.0. The number of carbonyl (C=O) groups is 1. The molecule has 0 heterocycles. The van der Waals surface area contributed by atoms with Gasteiger partial charge in [0.05, 0.1) is 5.92 Å². The molecule has 0 saturated heterocycles. The number of benzene rings is 1. The van der Waals surface area contributed by atoms with E-state index in [-0.39, 0.29) is 11.7 Å². The predicted octanol–water partition coefficient (Wildman–Crippen LogP) is 2.81. The average Bonchev–Trinajstić information content (AvgIpc) is 2.39. The lowest BCUT2D eigenvalue weighted by Gasteiger charge is -2.26. The van der Waals surface area contributed by atoms with Crippen LogP contribution >= 0.6 is 0 Å². The zero-order chi connectivity index (χ0) is 13.7. The van der Waals surface area contributed by atoms with Crippen LogP contribution in [0.15, 0.2) is 24.3 Å². The van der Waals surface area contributed by atoms with Gasteiger partial charge < -0.3 is 10.4 Å².